The first kappa shape index (κ1) is 73.6. The monoisotopic (exact) mass is 1550 g/mol. The molecular formula is C76H85F5N28O4. The van der Waals surface area contributed by atoms with Crippen molar-refractivity contribution in [3.63, 3.8) is 0 Å². The fourth-order valence-electron chi connectivity index (χ4n) is 16.7. The minimum atomic E-state index is -4.47. The number of nitrogens with zero attached hydrogens (tertiary/aromatic N) is 25. The highest BCUT2D eigenvalue weighted by atomic mass is 19.4. The molecule has 2 saturated heterocycles. The van der Waals surface area contributed by atoms with E-state index < -0.39 is 53.2 Å². The van der Waals surface area contributed by atoms with E-state index >= 15 is 0 Å². The first-order valence-electron chi connectivity index (χ1n) is 38.1. The topological polar surface area (TPSA) is 386 Å². The van der Waals surface area contributed by atoms with Crippen LogP contribution in [0.1, 0.15) is 160 Å². The van der Waals surface area contributed by atoms with Gasteiger partial charge in [-0.1, -0.05) is 6.92 Å². The Hall–Kier alpha value is -10.9. The van der Waals surface area contributed by atoms with E-state index in [1.54, 1.807) is 24.8 Å². The molecule has 10 aliphatic rings. The van der Waals surface area contributed by atoms with Crippen molar-refractivity contribution in [3.8, 4) is 45.6 Å². The fraction of sp³-hybridized carbons (Fsp3) is 0.513. The molecule has 113 heavy (non-hydrogen) atoms. The molecule has 32 nitrogen and oxygen atoms in total. The summed E-state index contributed by atoms with van der Waals surface area (Å²) in [5, 5.41) is 0. The summed E-state index contributed by atoms with van der Waals surface area (Å²) >= 11 is 0. The molecule has 0 spiro atoms. The molecule has 18 heterocycles. The Kier molecular flexibility index (Phi) is 17.3. The quantitative estimate of drug-likeness (QED) is 0.119. The van der Waals surface area contributed by atoms with Crippen LogP contribution in [0.5, 0.6) is 0 Å². The molecule has 4 aliphatic carbocycles. The molecule has 0 amide bonds. The standard InChI is InChI=1S/C22H22F3N5O.C19H24N8O.C18H21N7O.C17H18F2N8O/c1-21(2)20-28-17-16(15-7-11-5-12(15)6-11)27-18(29-19(17)30(20)3-4-31-21)13-8-14(10-26-9-13)22(23,24)25;1-11-5-4-6-26(11)15-13-16(27-7-8-28-19(2,3)17(27)23-13)25-14(24-15)12-9-21-18(20)22-10-12;1-17(2)15-22-11-12(18(3)4-5-18)23-13(10-8-20-16(19)21-9-10)24-14(11)25(15)6-7-26-17;1-16(2)14-23-10-12(26-7-17(18,19)8-26)24-11(9-5-21-15(20)22-6-9)25-13(10)27(14)3-4-28-16/h8-12,15H,3-7H2,1-2H3;9-11H,4-8H2,1-3H3,(H2,20,21,22);8-9H,4-7H2,1-3H3,(H2,19,20,21);5-6H,3-4,7-8H2,1-2H3,(H2,20,21,22)/t;11-;;/m.0../s1. The predicted octanol–water partition coefficient (Wildman–Crippen LogP) is 10.6. The minimum Gasteiger partial charge on any atom is -0.368 e. The summed E-state index contributed by atoms with van der Waals surface area (Å²) in [6.07, 6.45) is 15.4. The molecule has 6 fully saturated rings. The van der Waals surface area contributed by atoms with Gasteiger partial charge in [-0.05, 0) is 125 Å². The molecule has 6 N–H and O–H groups in total. The smallest absolute Gasteiger partial charge is 0.368 e. The molecule has 37 heteroatoms. The van der Waals surface area contributed by atoms with E-state index in [4.69, 9.17) is 81.0 Å². The highest BCUT2D eigenvalue weighted by Crippen LogP contribution is 2.58. The van der Waals surface area contributed by atoms with E-state index in [2.05, 4.69) is 77.7 Å². The van der Waals surface area contributed by atoms with Gasteiger partial charge in [-0.2, -0.15) is 13.2 Å². The third-order valence-electron chi connectivity index (χ3n) is 23.1. The summed E-state index contributed by atoms with van der Waals surface area (Å²) < 4.78 is 98.8. The highest BCUT2D eigenvalue weighted by molar-refractivity contribution is 5.88. The number of aromatic nitrogens is 23. The van der Waals surface area contributed by atoms with Crippen LogP contribution in [-0.4, -0.2) is 171 Å². The van der Waals surface area contributed by atoms with Crippen molar-refractivity contribution in [2.24, 2.45) is 11.8 Å². The van der Waals surface area contributed by atoms with Crippen LogP contribution in [0.3, 0.4) is 0 Å². The first-order chi connectivity index (χ1) is 53.7. The van der Waals surface area contributed by atoms with Crippen molar-refractivity contribution >= 4 is 74.1 Å². The van der Waals surface area contributed by atoms with Gasteiger partial charge in [0.05, 0.1) is 73.2 Å². The summed E-state index contributed by atoms with van der Waals surface area (Å²) in [6, 6.07) is 1.49. The van der Waals surface area contributed by atoms with Gasteiger partial charge in [-0.15, -0.1) is 0 Å². The van der Waals surface area contributed by atoms with Crippen molar-refractivity contribution in [1.29, 1.82) is 0 Å². The lowest BCUT2D eigenvalue weighted by Crippen LogP contribution is -2.56. The van der Waals surface area contributed by atoms with Gasteiger partial charge in [0.1, 0.15) is 56.7 Å². The van der Waals surface area contributed by atoms with Gasteiger partial charge in [-0.3, -0.25) is 4.98 Å². The second kappa shape index (κ2) is 26.6. The molecule has 0 radical (unpaired) electrons. The van der Waals surface area contributed by atoms with Crippen LogP contribution in [0.2, 0.25) is 0 Å². The number of nitrogens with two attached hydrogens (primary N) is 3. The van der Waals surface area contributed by atoms with E-state index in [0.29, 0.717) is 103 Å². The van der Waals surface area contributed by atoms with Gasteiger partial charge in [0, 0.05) is 105 Å². The first-order valence-corrected chi connectivity index (χ1v) is 38.1. The molecule has 2 bridgehead atoms. The number of ether oxygens (including phenoxy) is 4. The predicted molar refractivity (Wildman–Crippen MR) is 405 cm³/mol. The van der Waals surface area contributed by atoms with E-state index in [0.717, 1.165) is 144 Å². The molecule has 22 rings (SSSR count). The van der Waals surface area contributed by atoms with Crippen LogP contribution in [0.25, 0.3) is 90.2 Å². The molecule has 12 aromatic heterocycles. The lowest BCUT2D eigenvalue weighted by atomic mass is 9.82. The number of nitrogen functional groups attached to an aromatic ring is 3. The van der Waals surface area contributed by atoms with Gasteiger partial charge in [-0.25, -0.2) is 98.5 Å². The Balaban J connectivity index is 0.000000105. The van der Waals surface area contributed by atoms with Crippen LogP contribution in [0.4, 0.5) is 51.4 Å². The number of imidazole rings is 4. The molecule has 12 aromatic rings. The third-order valence-corrected chi connectivity index (χ3v) is 23.1. The van der Waals surface area contributed by atoms with E-state index in [-0.39, 0.29) is 40.6 Å². The molecule has 0 aromatic carbocycles. The molecule has 6 aliphatic heterocycles. The van der Waals surface area contributed by atoms with Crippen molar-refractivity contribution in [2.45, 2.75) is 192 Å². The van der Waals surface area contributed by atoms with E-state index in [1.165, 1.54) is 36.3 Å². The zero-order valence-electron chi connectivity index (χ0n) is 64.2. The normalized spacial score (nSPS) is 22.2. The van der Waals surface area contributed by atoms with Crippen molar-refractivity contribution < 1.29 is 40.9 Å². The lowest BCUT2D eigenvalue weighted by molar-refractivity contribution is -0.137. The molecule has 2 atom stereocenters. The number of anilines is 5. The molecule has 4 saturated carbocycles. The largest absolute Gasteiger partial charge is 0.417 e. The summed E-state index contributed by atoms with van der Waals surface area (Å²) in [6.45, 7) is 25.5. The Morgan fingerprint density at radius 2 is 0.858 bits per heavy atom. The van der Waals surface area contributed by atoms with Gasteiger partial charge < -0.3 is 64.2 Å². The highest BCUT2D eigenvalue weighted by Gasteiger charge is 2.50. The maximum absolute atomic E-state index is 13.5. The Labute approximate surface area is 643 Å². The lowest BCUT2D eigenvalue weighted by Gasteiger charge is -2.39. The SMILES string of the molecule is CC1(C)OCCn2c1nc1c(C3CC4CC3C4)nc(-c3cncc(C(F)(F)F)c3)nc12.CC1(C)OCCn2c1nc1c(N3CC(F)(F)C3)nc(-c3cnc(N)nc3)nc12.CC1(c2nc(-c3cnc(N)nc3)nc3c2nc2n3CCOC2(C)C)CC1.C[C@H]1CCCN1c1nc(-c2cnc(N)nc2)nc2c1nc1n2CCOC1(C)C. The van der Waals surface area contributed by atoms with Crippen molar-refractivity contribution in [3.05, 3.63) is 95.9 Å². The van der Waals surface area contributed by atoms with Crippen molar-refractivity contribution in [1.82, 2.24) is 113 Å². The molecule has 588 valence electrons. The maximum Gasteiger partial charge on any atom is 0.417 e. The summed E-state index contributed by atoms with van der Waals surface area (Å²) in [5.41, 5.74) is 24.1. The van der Waals surface area contributed by atoms with E-state index in [1.807, 2.05) is 64.5 Å². The number of rotatable bonds is 8. The van der Waals surface area contributed by atoms with Crippen molar-refractivity contribution in [2.75, 3.05) is 73.1 Å². The number of hydrogen-bond acceptors (Lipinski definition) is 28. The number of hydrogen-bond donors (Lipinski definition) is 3. The van der Waals surface area contributed by atoms with Gasteiger partial charge in [0.25, 0.3) is 5.92 Å². The third kappa shape index (κ3) is 13.2. The minimum absolute atomic E-state index is 0.0557. The Bertz CT molecular complexity index is 5730. The van der Waals surface area contributed by atoms with Gasteiger partial charge in [0.15, 0.2) is 68.6 Å². The van der Waals surface area contributed by atoms with Crippen LogP contribution >= 0.6 is 0 Å². The summed E-state index contributed by atoms with van der Waals surface area (Å²) in [4.78, 5) is 89.6. The average Bonchev–Trinajstić information content (AvgIpc) is 1.58. The number of pyridine rings is 1. The van der Waals surface area contributed by atoms with Crippen LogP contribution in [-0.2, 0) is 79.1 Å². The second-order valence-electron chi connectivity index (χ2n) is 32.9. The van der Waals surface area contributed by atoms with Crippen LogP contribution in [0.15, 0.2) is 55.6 Å². The van der Waals surface area contributed by atoms with Gasteiger partial charge in [0.2, 0.25) is 17.8 Å². The summed E-state index contributed by atoms with van der Waals surface area (Å²) in [7, 11) is 0. The van der Waals surface area contributed by atoms with Crippen LogP contribution in [0, 0.1) is 11.8 Å². The van der Waals surface area contributed by atoms with Crippen LogP contribution < -0.4 is 27.0 Å². The Morgan fingerprint density at radius 1 is 0.451 bits per heavy atom. The zero-order valence-corrected chi connectivity index (χ0v) is 64.2. The maximum atomic E-state index is 13.5. The summed E-state index contributed by atoms with van der Waals surface area (Å²) in [5.74, 6) is 5.79. The number of halogens is 5. The second-order valence-corrected chi connectivity index (χ2v) is 32.9. The number of fused-ring (bicyclic) bond motifs is 13. The Morgan fingerprint density at radius 3 is 1.27 bits per heavy atom. The van der Waals surface area contributed by atoms with E-state index in [9.17, 15) is 22.0 Å². The number of alkyl halides is 5. The molecule has 1 unspecified atom stereocenters. The molecular weight excluding hydrogens is 1460 g/mol. The average molecular weight is 1550 g/mol. The zero-order chi connectivity index (χ0) is 78.8. The fourth-order valence-corrected chi connectivity index (χ4v) is 16.7. The van der Waals surface area contributed by atoms with Gasteiger partial charge >= 0.3 is 6.18 Å².